The molecule has 9 nitrogen and oxygen atoms in total. The predicted molar refractivity (Wildman–Crippen MR) is 203 cm³/mol. The number of carbonyl (C=O) groups excluding carboxylic acids is 1. The summed E-state index contributed by atoms with van der Waals surface area (Å²) >= 11 is 7.12. The van der Waals surface area contributed by atoms with Crippen molar-refractivity contribution in [3.63, 3.8) is 0 Å². The summed E-state index contributed by atoms with van der Waals surface area (Å²) in [4.78, 5) is 32.5. The number of alkyl halides is 3. The molecule has 4 aromatic rings. The lowest BCUT2D eigenvalue weighted by Gasteiger charge is -2.24. The van der Waals surface area contributed by atoms with Crippen molar-refractivity contribution in [3.05, 3.63) is 87.4 Å². The van der Waals surface area contributed by atoms with Gasteiger partial charge in [0, 0.05) is 41.6 Å². The van der Waals surface area contributed by atoms with E-state index in [1.807, 2.05) is 48.5 Å². The second-order valence-corrected chi connectivity index (χ2v) is 14.9. The third kappa shape index (κ3) is 8.60. The van der Waals surface area contributed by atoms with Crippen LogP contribution < -0.4 is 19.5 Å². The number of nitrogens with one attached hydrogen (secondary N) is 1. The number of hydrogen-bond acceptors (Lipinski definition) is 8. The van der Waals surface area contributed by atoms with E-state index >= 15 is 0 Å². The standard InChI is InChI=1S/C42H45ClF3N3O6/c1-5-41(2,40(51)52)19-18-25-21-33(42(44,45)46)39(49-37(25)53-3)55-35-17-15-29-28(8-6-9-30(29)35)31-10-7-11-32(36(31)43)34-16-13-26(38(48-34)54-4)23-47-22-24-12-14-27(50)20-24/h6-11,13,16,21,24,35,47H,5,12,14-15,17-20,22-23H2,1-4H3,(H,51,52)/t24-,35+,41+/m1/s1. The largest absolute Gasteiger partial charge is 0.481 e. The van der Waals surface area contributed by atoms with Crippen LogP contribution in [0, 0.1) is 11.3 Å². The van der Waals surface area contributed by atoms with Crippen molar-refractivity contribution in [2.75, 3.05) is 20.8 Å². The lowest BCUT2D eigenvalue weighted by atomic mass is 9.82. The fourth-order valence-electron chi connectivity index (χ4n) is 7.49. The Morgan fingerprint density at radius 2 is 1.65 bits per heavy atom. The lowest BCUT2D eigenvalue weighted by molar-refractivity contribution is -0.148. The molecule has 2 aromatic carbocycles. The number of aromatic nitrogens is 2. The number of halogens is 4. The molecule has 0 saturated heterocycles. The number of rotatable bonds is 15. The summed E-state index contributed by atoms with van der Waals surface area (Å²) in [5, 5.41) is 13.6. The fraction of sp³-hybridized carbons (Fsp3) is 0.429. The topological polar surface area (TPSA) is 120 Å². The molecule has 0 aliphatic heterocycles. The maximum atomic E-state index is 14.5. The van der Waals surface area contributed by atoms with Crippen LogP contribution in [-0.2, 0) is 35.2 Å². The zero-order chi connectivity index (χ0) is 39.5. The van der Waals surface area contributed by atoms with Gasteiger partial charge in [-0.1, -0.05) is 61.0 Å². The first kappa shape index (κ1) is 40.0. The van der Waals surface area contributed by atoms with E-state index in [1.165, 1.54) is 7.11 Å². The van der Waals surface area contributed by atoms with Gasteiger partial charge in [-0.25, -0.2) is 4.98 Å². The molecule has 0 radical (unpaired) electrons. The van der Waals surface area contributed by atoms with E-state index in [0.29, 0.717) is 72.5 Å². The van der Waals surface area contributed by atoms with E-state index in [1.54, 1.807) is 21.0 Å². The number of hydrogen-bond donors (Lipinski definition) is 2. The number of ketones is 1. The van der Waals surface area contributed by atoms with Crippen molar-refractivity contribution in [1.29, 1.82) is 0 Å². The number of pyridine rings is 2. The number of aliphatic carboxylic acids is 1. The molecule has 0 spiro atoms. The minimum Gasteiger partial charge on any atom is -0.481 e. The summed E-state index contributed by atoms with van der Waals surface area (Å²) in [7, 11) is 2.88. The number of carboxylic acids is 1. The molecule has 2 aromatic heterocycles. The minimum atomic E-state index is -4.79. The van der Waals surface area contributed by atoms with E-state index in [2.05, 4.69) is 10.3 Å². The Kier molecular flexibility index (Phi) is 12.1. The molecule has 0 bridgehead atoms. The van der Waals surface area contributed by atoms with Crippen molar-refractivity contribution in [2.24, 2.45) is 11.3 Å². The molecule has 1 saturated carbocycles. The van der Waals surface area contributed by atoms with E-state index in [4.69, 9.17) is 30.8 Å². The zero-order valence-corrected chi connectivity index (χ0v) is 32.1. The third-order valence-electron chi connectivity index (χ3n) is 11.0. The number of aryl methyl sites for hydroxylation is 1. The Morgan fingerprint density at radius 3 is 2.33 bits per heavy atom. The molecule has 0 unspecified atom stereocenters. The smallest absolute Gasteiger partial charge is 0.421 e. The van der Waals surface area contributed by atoms with Crippen LogP contribution in [0.4, 0.5) is 13.2 Å². The van der Waals surface area contributed by atoms with Crippen molar-refractivity contribution in [3.8, 4) is 40.0 Å². The summed E-state index contributed by atoms with van der Waals surface area (Å²) in [5.41, 5.74) is 3.41. The maximum absolute atomic E-state index is 14.5. The number of nitrogens with zero attached hydrogens (tertiary/aromatic N) is 2. The van der Waals surface area contributed by atoms with Crippen LogP contribution in [-0.4, -0.2) is 47.6 Å². The monoisotopic (exact) mass is 779 g/mol. The predicted octanol–water partition coefficient (Wildman–Crippen LogP) is 9.46. The van der Waals surface area contributed by atoms with Crippen molar-refractivity contribution in [1.82, 2.24) is 15.3 Å². The molecular formula is C42H45ClF3N3O6. The van der Waals surface area contributed by atoms with E-state index < -0.39 is 35.1 Å². The number of fused-ring (bicyclic) bond motifs is 1. The molecule has 3 atom stereocenters. The van der Waals surface area contributed by atoms with Gasteiger partial charge in [-0.05, 0) is 86.7 Å². The van der Waals surface area contributed by atoms with Gasteiger partial charge in [0.05, 0.1) is 30.4 Å². The highest BCUT2D eigenvalue weighted by Gasteiger charge is 2.39. The number of carbonyl (C=O) groups is 2. The number of benzene rings is 2. The van der Waals surface area contributed by atoms with Gasteiger partial charge in [0.1, 0.15) is 17.5 Å². The molecule has 55 heavy (non-hydrogen) atoms. The van der Waals surface area contributed by atoms with Crippen molar-refractivity contribution in [2.45, 2.75) is 84.0 Å². The SMILES string of the molecule is CC[C@@](C)(CCc1cc(C(F)(F)F)c(O[C@H]2CCc3c(-c4cccc(-c5ccc(CNC[C@@H]6CCC(=O)C6)c(OC)n5)c4Cl)cccc32)nc1OC)C(=O)O. The minimum absolute atomic E-state index is 0.0275. The fourth-order valence-corrected chi connectivity index (χ4v) is 7.81. The highest BCUT2D eigenvalue weighted by molar-refractivity contribution is 6.36. The molecule has 6 rings (SSSR count). The Balaban J connectivity index is 1.25. The Hall–Kier alpha value is -4.68. The van der Waals surface area contributed by atoms with E-state index in [-0.39, 0.29) is 24.3 Å². The van der Waals surface area contributed by atoms with Gasteiger partial charge in [0.2, 0.25) is 17.6 Å². The van der Waals surface area contributed by atoms with Crippen LogP contribution >= 0.6 is 11.6 Å². The lowest BCUT2D eigenvalue weighted by Crippen LogP contribution is -2.27. The molecule has 2 N–H and O–H groups in total. The molecule has 1 fully saturated rings. The van der Waals surface area contributed by atoms with Gasteiger partial charge in [0.25, 0.3) is 0 Å². The first-order valence-electron chi connectivity index (χ1n) is 18.5. The summed E-state index contributed by atoms with van der Waals surface area (Å²) in [6.07, 6.45) is -1.96. The van der Waals surface area contributed by atoms with Gasteiger partial charge in [-0.2, -0.15) is 18.2 Å². The number of ether oxygens (including phenoxy) is 3. The number of methoxy groups -OCH3 is 2. The van der Waals surface area contributed by atoms with Gasteiger partial charge < -0.3 is 24.6 Å². The average Bonchev–Trinajstić information content (AvgIpc) is 3.78. The number of carboxylic acid groups (broad SMARTS) is 1. The molecule has 2 heterocycles. The van der Waals surface area contributed by atoms with Crippen molar-refractivity contribution < 1.29 is 42.1 Å². The molecule has 292 valence electrons. The van der Waals surface area contributed by atoms with Crippen LogP contribution in [0.1, 0.15) is 86.3 Å². The second-order valence-electron chi connectivity index (χ2n) is 14.6. The summed E-state index contributed by atoms with van der Waals surface area (Å²) in [5.74, 6) is -0.533. The maximum Gasteiger partial charge on any atom is 0.421 e. The van der Waals surface area contributed by atoms with Crippen LogP contribution in [0.3, 0.4) is 0 Å². The van der Waals surface area contributed by atoms with Gasteiger partial charge >= 0.3 is 12.1 Å². The van der Waals surface area contributed by atoms with Crippen LogP contribution in [0.15, 0.2) is 54.6 Å². The van der Waals surface area contributed by atoms with Crippen molar-refractivity contribution >= 4 is 23.4 Å². The van der Waals surface area contributed by atoms with Crippen LogP contribution in [0.2, 0.25) is 5.02 Å². The Labute approximate surface area is 323 Å². The quantitative estimate of drug-likeness (QED) is 0.122. The third-order valence-corrected chi connectivity index (χ3v) is 11.4. The number of Topliss-reactive ketones (excluding diaryl/α,β-unsaturated/α-hetero) is 1. The molecule has 0 amide bonds. The van der Waals surface area contributed by atoms with Gasteiger partial charge in [-0.15, -0.1) is 0 Å². The Morgan fingerprint density at radius 1 is 0.945 bits per heavy atom. The molecule has 13 heteroatoms. The summed E-state index contributed by atoms with van der Waals surface area (Å²) in [6.45, 7) is 4.58. The van der Waals surface area contributed by atoms with Crippen LogP contribution in [0.25, 0.3) is 22.4 Å². The van der Waals surface area contributed by atoms with E-state index in [9.17, 15) is 27.9 Å². The first-order valence-corrected chi connectivity index (χ1v) is 18.9. The Bertz CT molecular complexity index is 2080. The van der Waals surface area contributed by atoms with Crippen LogP contribution in [0.5, 0.6) is 17.6 Å². The molecular weight excluding hydrogens is 735 g/mol. The zero-order valence-electron chi connectivity index (χ0n) is 31.3. The van der Waals surface area contributed by atoms with E-state index in [0.717, 1.165) is 46.8 Å². The molecule has 2 aliphatic rings. The highest BCUT2D eigenvalue weighted by atomic mass is 35.5. The summed E-state index contributed by atoms with van der Waals surface area (Å²) < 4.78 is 60.7. The first-order chi connectivity index (χ1) is 26.3. The highest BCUT2D eigenvalue weighted by Crippen LogP contribution is 2.46. The average molecular weight is 780 g/mol. The molecule has 2 aliphatic carbocycles. The second kappa shape index (κ2) is 16.6. The van der Waals surface area contributed by atoms with Gasteiger partial charge in [-0.3, -0.25) is 9.59 Å². The summed E-state index contributed by atoms with van der Waals surface area (Å²) in [6, 6.07) is 16.1. The normalized spacial score (nSPS) is 17.9. The van der Waals surface area contributed by atoms with Gasteiger partial charge in [0.15, 0.2) is 0 Å².